The van der Waals surface area contributed by atoms with E-state index in [2.05, 4.69) is 0 Å². The van der Waals surface area contributed by atoms with Crippen LogP contribution in [0.5, 0.6) is 11.5 Å². The van der Waals surface area contributed by atoms with Gasteiger partial charge in [-0.3, -0.25) is 4.79 Å². The van der Waals surface area contributed by atoms with Gasteiger partial charge < -0.3 is 9.47 Å². The molecule has 0 heterocycles. The number of benzene rings is 1. The van der Waals surface area contributed by atoms with E-state index in [-0.39, 0.29) is 12.4 Å². The first-order valence-corrected chi connectivity index (χ1v) is 3.68. The molecule has 0 saturated heterocycles. The van der Waals surface area contributed by atoms with E-state index in [1.165, 1.54) is 25.3 Å². The van der Waals surface area contributed by atoms with Gasteiger partial charge in [0.25, 0.3) is 0 Å². The fourth-order valence-electron chi connectivity index (χ4n) is 0.887. The molecule has 0 unspecified atom stereocenters. The Morgan fingerprint density at radius 2 is 2.23 bits per heavy atom. The van der Waals surface area contributed by atoms with Gasteiger partial charge in [-0.05, 0) is 12.1 Å². The first-order valence-electron chi connectivity index (χ1n) is 3.68. The van der Waals surface area contributed by atoms with Gasteiger partial charge in [0, 0.05) is 6.07 Å². The van der Waals surface area contributed by atoms with Gasteiger partial charge >= 0.3 is 0 Å². The fraction of sp³-hybridized carbons (Fsp3) is 0.222. The number of methoxy groups -OCH3 is 1. The van der Waals surface area contributed by atoms with Crippen LogP contribution in [0.2, 0.25) is 0 Å². The van der Waals surface area contributed by atoms with Gasteiger partial charge in [0.1, 0.15) is 12.4 Å². The minimum Gasteiger partial charge on any atom is -0.493 e. The Morgan fingerprint density at radius 1 is 1.46 bits per heavy atom. The summed E-state index contributed by atoms with van der Waals surface area (Å²) >= 11 is 0. The third-order valence-corrected chi connectivity index (χ3v) is 1.43. The molecule has 0 N–H and O–H groups in total. The zero-order valence-corrected chi connectivity index (χ0v) is 7.12. The van der Waals surface area contributed by atoms with Gasteiger partial charge in [0.2, 0.25) is 0 Å². The van der Waals surface area contributed by atoms with Crippen LogP contribution in [0.15, 0.2) is 18.2 Å². The van der Waals surface area contributed by atoms with Crippen molar-refractivity contribution in [2.24, 2.45) is 0 Å². The highest BCUT2D eigenvalue weighted by molar-refractivity contribution is 5.52. The molecule has 1 aromatic carbocycles. The molecule has 1 aromatic rings. The molecule has 0 radical (unpaired) electrons. The zero-order chi connectivity index (χ0) is 9.68. The summed E-state index contributed by atoms with van der Waals surface area (Å²) < 4.78 is 22.5. The summed E-state index contributed by atoms with van der Waals surface area (Å²) in [5.74, 6) is 0.208. The van der Waals surface area contributed by atoms with Crippen molar-refractivity contribution in [3.05, 3.63) is 24.0 Å². The summed E-state index contributed by atoms with van der Waals surface area (Å²) in [4.78, 5) is 10.0. The minimum atomic E-state index is -0.429. The van der Waals surface area contributed by atoms with E-state index in [1.54, 1.807) is 0 Å². The number of rotatable bonds is 4. The predicted octanol–water partition coefficient (Wildman–Crippen LogP) is 1.41. The predicted molar refractivity (Wildman–Crippen MR) is 44.5 cm³/mol. The van der Waals surface area contributed by atoms with Gasteiger partial charge in [-0.2, -0.15) is 0 Å². The quantitative estimate of drug-likeness (QED) is 0.664. The van der Waals surface area contributed by atoms with E-state index in [1.807, 2.05) is 0 Å². The van der Waals surface area contributed by atoms with E-state index in [9.17, 15) is 9.18 Å². The summed E-state index contributed by atoms with van der Waals surface area (Å²) in [6.07, 6.45) is 0.588. The highest BCUT2D eigenvalue weighted by atomic mass is 19.1. The van der Waals surface area contributed by atoms with Crippen molar-refractivity contribution in [3.63, 3.8) is 0 Å². The normalized spacial score (nSPS) is 9.38. The first-order chi connectivity index (χ1) is 6.27. The third kappa shape index (κ3) is 2.43. The van der Waals surface area contributed by atoms with Crippen LogP contribution < -0.4 is 9.47 Å². The SMILES string of the molecule is COc1ccc(F)cc1OCC=O. The smallest absolute Gasteiger partial charge is 0.164 e. The number of carbonyl (C=O) groups is 1. The Balaban J connectivity index is 2.87. The zero-order valence-electron chi connectivity index (χ0n) is 7.12. The van der Waals surface area contributed by atoms with Gasteiger partial charge in [0.15, 0.2) is 17.8 Å². The van der Waals surface area contributed by atoms with Gasteiger partial charge in [0.05, 0.1) is 7.11 Å². The molecule has 0 amide bonds. The summed E-state index contributed by atoms with van der Waals surface area (Å²) in [5, 5.41) is 0. The standard InChI is InChI=1S/C9H9FO3/c1-12-8-3-2-7(10)6-9(8)13-5-4-11/h2-4,6H,5H2,1H3. The van der Waals surface area contributed by atoms with E-state index < -0.39 is 5.82 Å². The molecule has 13 heavy (non-hydrogen) atoms. The van der Waals surface area contributed by atoms with Crippen LogP contribution in [-0.2, 0) is 4.79 Å². The maximum Gasteiger partial charge on any atom is 0.164 e. The molecule has 0 atom stereocenters. The second kappa shape index (κ2) is 4.45. The maximum absolute atomic E-state index is 12.7. The van der Waals surface area contributed by atoms with Gasteiger partial charge in [-0.25, -0.2) is 4.39 Å². The van der Waals surface area contributed by atoms with E-state index in [0.717, 1.165) is 0 Å². The van der Waals surface area contributed by atoms with Crippen molar-refractivity contribution in [1.29, 1.82) is 0 Å². The van der Waals surface area contributed by atoms with Crippen LogP contribution in [-0.4, -0.2) is 20.0 Å². The molecule has 0 spiro atoms. The Bertz CT molecular complexity index is 299. The molecule has 0 aromatic heterocycles. The Morgan fingerprint density at radius 3 is 2.85 bits per heavy atom. The third-order valence-electron chi connectivity index (χ3n) is 1.43. The lowest BCUT2D eigenvalue weighted by Gasteiger charge is -2.07. The molecule has 0 fully saturated rings. The van der Waals surface area contributed by atoms with Crippen LogP contribution in [0.25, 0.3) is 0 Å². The monoisotopic (exact) mass is 184 g/mol. The molecule has 0 bridgehead atoms. The molecule has 4 heteroatoms. The number of carbonyl (C=O) groups excluding carboxylic acids is 1. The second-order valence-corrected chi connectivity index (χ2v) is 2.27. The van der Waals surface area contributed by atoms with E-state index in [0.29, 0.717) is 12.0 Å². The molecule has 3 nitrogen and oxygen atoms in total. The molecule has 0 aliphatic heterocycles. The number of aldehydes is 1. The van der Waals surface area contributed by atoms with Crippen molar-refractivity contribution in [2.45, 2.75) is 0 Å². The first kappa shape index (κ1) is 9.51. The molecule has 70 valence electrons. The molecule has 0 saturated carbocycles. The summed E-state index contributed by atoms with van der Waals surface area (Å²) in [7, 11) is 1.45. The lowest BCUT2D eigenvalue weighted by molar-refractivity contribution is -0.109. The van der Waals surface area contributed by atoms with Crippen LogP contribution in [0.4, 0.5) is 4.39 Å². The number of halogens is 1. The fourth-order valence-corrected chi connectivity index (χ4v) is 0.887. The van der Waals surface area contributed by atoms with Crippen molar-refractivity contribution < 1.29 is 18.7 Å². The maximum atomic E-state index is 12.7. The molecule has 0 aliphatic rings. The summed E-state index contributed by atoms with van der Waals surface area (Å²) in [6, 6.07) is 3.87. The molecule has 1 rings (SSSR count). The molecular formula is C9H9FO3. The summed E-state index contributed by atoms with van der Waals surface area (Å²) in [5.41, 5.74) is 0. The van der Waals surface area contributed by atoms with E-state index >= 15 is 0 Å². The van der Waals surface area contributed by atoms with Crippen molar-refractivity contribution in [3.8, 4) is 11.5 Å². The number of ether oxygens (including phenoxy) is 2. The van der Waals surface area contributed by atoms with Crippen LogP contribution in [0.3, 0.4) is 0 Å². The topological polar surface area (TPSA) is 35.5 Å². The Labute approximate surface area is 75.1 Å². The molecular weight excluding hydrogens is 175 g/mol. The Kier molecular flexibility index (Phi) is 3.25. The average molecular weight is 184 g/mol. The van der Waals surface area contributed by atoms with Crippen LogP contribution >= 0.6 is 0 Å². The van der Waals surface area contributed by atoms with E-state index in [4.69, 9.17) is 9.47 Å². The average Bonchev–Trinajstić information content (AvgIpc) is 2.15. The van der Waals surface area contributed by atoms with Crippen molar-refractivity contribution in [2.75, 3.05) is 13.7 Å². The van der Waals surface area contributed by atoms with Crippen LogP contribution in [0, 0.1) is 5.82 Å². The Hall–Kier alpha value is -1.58. The highest BCUT2D eigenvalue weighted by Crippen LogP contribution is 2.26. The number of hydrogen-bond acceptors (Lipinski definition) is 3. The number of hydrogen-bond donors (Lipinski definition) is 0. The van der Waals surface area contributed by atoms with Crippen molar-refractivity contribution in [1.82, 2.24) is 0 Å². The molecule has 0 aliphatic carbocycles. The lowest BCUT2D eigenvalue weighted by atomic mass is 10.3. The highest BCUT2D eigenvalue weighted by Gasteiger charge is 2.04. The van der Waals surface area contributed by atoms with Gasteiger partial charge in [-0.1, -0.05) is 0 Å². The summed E-state index contributed by atoms with van der Waals surface area (Å²) in [6.45, 7) is -0.111. The largest absolute Gasteiger partial charge is 0.493 e. The second-order valence-electron chi connectivity index (χ2n) is 2.27. The van der Waals surface area contributed by atoms with Crippen molar-refractivity contribution >= 4 is 6.29 Å². The minimum absolute atomic E-state index is 0.111. The van der Waals surface area contributed by atoms with Crippen LogP contribution in [0.1, 0.15) is 0 Å². The lowest BCUT2D eigenvalue weighted by Crippen LogP contribution is -2.00. The van der Waals surface area contributed by atoms with Gasteiger partial charge in [-0.15, -0.1) is 0 Å².